The van der Waals surface area contributed by atoms with Gasteiger partial charge in [0.15, 0.2) is 6.61 Å². The SMILES string of the molecule is COc1ccc(CN(C)C(=O)c2ccc3c(c2)OCC(=O)N3)c(OC)c1. The molecule has 2 aromatic rings. The number of ether oxygens (including phenoxy) is 3. The van der Waals surface area contributed by atoms with E-state index in [9.17, 15) is 9.59 Å². The molecule has 0 saturated carbocycles. The zero-order valence-corrected chi connectivity index (χ0v) is 14.9. The predicted molar refractivity (Wildman–Crippen MR) is 95.9 cm³/mol. The van der Waals surface area contributed by atoms with E-state index in [0.29, 0.717) is 35.0 Å². The zero-order valence-electron chi connectivity index (χ0n) is 14.9. The molecule has 0 bridgehead atoms. The number of rotatable bonds is 5. The van der Waals surface area contributed by atoms with Crippen molar-refractivity contribution in [1.29, 1.82) is 0 Å². The lowest BCUT2D eigenvalue weighted by Gasteiger charge is -2.21. The quantitative estimate of drug-likeness (QED) is 0.890. The Bertz CT molecular complexity index is 850. The summed E-state index contributed by atoms with van der Waals surface area (Å²) in [5.41, 5.74) is 1.91. The first kappa shape index (κ1) is 17.6. The van der Waals surface area contributed by atoms with E-state index in [2.05, 4.69) is 5.32 Å². The number of hydrogen-bond acceptors (Lipinski definition) is 5. The summed E-state index contributed by atoms with van der Waals surface area (Å²) in [7, 11) is 4.88. The van der Waals surface area contributed by atoms with Crippen LogP contribution in [0.15, 0.2) is 36.4 Å². The minimum absolute atomic E-state index is 0.0521. The first-order chi connectivity index (χ1) is 12.5. The van der Waals surface area contributed by atoms with Crippen molar-refractivity contribution in [3.05, 3.63) is 47.5 Å². The van der Waals surface area contributed by atoms with Gasteiger partial charge >= 0.3 is 0 Å². The van der Waals surface area contributed by atoms with Crippen molar-refractivity contribution >= 4 is 17.5 Å². The largest absolute Gasteiger partial charge is 0.497 e. The molecule has 3 rings (SSSR count). The number of nitrogens with zero attached hydrogens (tertiary/aromatic N) is 1. The van der Waals surface area contributed by atoms with Crippen LogP contribution in [0.1, 0.15) is 15.9 Å². The molecule has 1 N–H and O–H groups in total. The van der Waals surface area contributed by atoms with Crippen LogP contribution >= 0.6 is 0 Å². The van der Waals surface area contributed by atoms with Crippen molar-refractivity contribution in [3.63, 3.8) is 0 Å². The number of benzene rings is 2. The fraction of sp³-hybridized carbons (Fsp3) is 0.263. The first-order valence-electron chi connectivity index (χ1n) is 8.05. The minimum atomic E-state index is -0.208. The molecule has 0 aromatic heterocycles. The van der Waals surface area contributed by atoms with Gasteiger partial charge in [0.1, 0.15) is 17.2 Å². The molecule has 26 heavy (non-hydrogen) atoms. The van der Waals surface area contributed by atoms with E-state index in [4.69, 9.17) is 14.2 Å². The minimum Gasteiger partial charge on any atom is -0.497 e. The number of carbonyl (C=O) groups is 2. The van der Waals surface area contributed by atoms with Crippen molar-refractivity contribution in [1.82, 2.24) is 4.90 Å². The van der Waals surface area contributed by atoms with Crippen LogP contribution in [0.5, 0.6) is 17.2 Å². The summed E-state index contributed by atoms with van der Waals surface area (Å²) in [5, 5.41) is 2.70. The molecule has 0 aliphatic carbocycles. The van der Waals surface area contributed by atoms with Gasteiger partial charge in [-0.3, -0.25) is 9.59 Å². The lowest BCUT2D eigenvalue weighted by Crippen LogP contribution is -2.28. The Hall–Kier alpha value is -3.22. The van der Waals surface area contributed by atoms with Crippen LogP contribution in [0.2, 0.25) is 0 Å². The van der Waals surface area contributed by atoms with E-state index >= 15 is 0 Å². The van der Waals surface area contributed by atoms with E-state index in [-0.39, 0.29) is 18.4 Å². The molecule has 2 amide bonds. The topological polar surface area (TPSA) is 77.1 Å². The Labute approximate surface area is 151 Å². The molecule has 0 saturated heterocycles. The lowest BCUT2D eigenvalue weighted by molar-refractivity contribution is -0.118. The number of amides is 2. The van der Waals surface area contributed by atoms with Gasteiger partial charge < -0.3 is 24.4 Å². The third-order valence-corrected chi connectivity index (χ3v) is 4.11. The normalized spacial score (nSPS) is 12.5. The lowest BCUT2D eigenvalue weighted by atomic mass is 10.1. The van der Waals surface area contributed by atoms with Gasteiger partial charge in [-0.25, -0.2) is 0 Å². The van der Waals surface area contributed by atoms with Gasteiger partial charge in [-0.05, 0) is 30.3 Å². The average molecular weight is 356 g/mol. The van der Waals surface area contributed by atoms with Crippen LogP contribution in [-0.4, -0.2) is 44.6 Å². The molecule has 1 heterocycles. The molecule has 0 fully saturated rings. The van der Waals surface area contributed by atoms with Gasteiger partial charge in [-0.2, -0.15) is 0 Å². The van der Waals surface area contributed by atoms with Crippen LogP contribution in [0.4, 0.5) is 5.69 Å². The van der Waals surface area contributed by atoms with Gasteiger partial charge in [0, 0.05) is 30.8 Å². The molecule has 2 aromatic carbocycles. The molecule has 7 nitrogen and oxygen atoms in total. The Morgan fingerprint density at radius 1 is 1.19 bits per heavy atom. The standard InChI is InChI=1S/C19H20N2O5/c1-21(10-13-4-6-14(24-2)9-16(13)25-3)19(23)12-5-7-15-17(8-12)26-11-18(22)20-15/h4-9H,10-11H2,1-3H3,(H,20,22). The monoisotopic (exact) mass is 356 g/mol. The molecule has 0 spiro atoms. The Kier molecular flexibility index (Phi) is 4.97. The van der Waals surface area contributed by atoms with Gasteiger partial charge in [-0.1, -0.05) is 0 Å². The van der Waals surface area contributed by atoms with Crippen LogP contribution in [0.25, 0.3) is 0 Å². The summed E-state index contributed by atoms with van der Waals surface area (Å²) in [6, 6.07) is 10.4. The summed E-state index contributed by atoms with van der Waals surface area (Å²) >= 11 is 0. The number of nitrogens with one attached hydrogen (secondary N) is 1. The fourth-order valence-electron chi connectivity index (χ4n) is 2.74. The molecule has 1 aliphatic heterocycles. The van der Waals surface area contributed by atoms with Crippen molar-refractivity contribution in [3.8, 4) is 17.2 Å². The Balaban J connectivity index is 1.77. The highest BCUT2D eigenvalue weighted by atomic mass is 16.5. The third-order valence-electron chi connectivity index (χ3n) is 4.11. The summed E-state index contributed by atoms with van der Waals surface area (Å²) in [4.78, 5) is 25.7. The molecule has 0 radical (unpaired) electrons. The highest BCUT2D eigenvalue weighted by Crippen LogP contribution is 2.30. The Morgan fingerprint density at radius 2 is 2.00 bits per heavy atom. The maximum atomic E-state index is 12.7. The van der Waals surface area contributed by atoms with Crippen molar-refractivity contribution < 1.29 is 23.8 Å². The van der Waals surface area contributed by atoms with E-state index in [1.165, 1.54) is 0 Å². The maximum Gasteiger partial charge on any atom is 0.262 e. The van der Waals surface area contributed by atoms with Gasteiger partial charge in [-0.15, -0.1) is 0 Å². The second kappa shape index (κ2) is 7.35. The van der Waals surface area contributed by atoms with E-state index < -0.39 is 0 Å². The van der Waals surface area contributed by atoms with Crippen molar-refractivity contribution in [2.45, 2.75) is 6.54 Å². The van der Waals surface area contributed by atoms with E-state index in [1.807, 2.05) is 12.1 Å². The summed E-state index contributed by atoms with van der Waals surface area (Å²) < 4.78 is 15.9. The van der Waals surface area contributed by atoms with Crippen LogP contribution in [0, 0.1) is 0 Å². The fourth-order valence-corrected chi connectivity index (χ4v) is 2.74. The van der Waals surface area contributed by atoms with Crippen LogP contribution in [0.3, 0.4) is 0 Å². The Morgan fingerprint density at radius 3 is 2.73 bits per heavy atom. The second-order valence-corrected chi connectivity index (χ2v) is 5.89. The molecular weight excluding hydrogens is 336 g/mol. The molecule has 0 unspecified atom stereocenters. The van der Waals surface area contributed by atoms with Crippen LogP contribution < -0.4 is 19.5 Å². The average Bonchev–Trinajstić information content (AvgIpc) is 2.67. The number of methoxy groups -OCH3 is 2. The highest BCUT2D eigenvalue weighted by Gasteiger charge is 2.20. The molecule has 1 aliphatic rings. The van der Waals surface area contributed by atoms with Crippen molar-refractivity contribution in [2.75, 3.05) is 33.2 Å². The number of carbonyl (C=O) groups excluding carboxylic acids is 2. The number of fused-ring (bicyclic) bond motifs is 1. The van der Waals surface area contributed by atoms with E-state index in [1.54, 1.807) is 50.4 Å². The summed E-state index contributed by atoms with van der Waals surface area (Å²) in [6.07, 6.45) is 0. The molecule has 7 heteroatoms. The van der Waals surface area contributed by atoms with Gasteiger partial charge in [0.25, 0.3) is 11.8 Å². The maximum absolute atomic E-state index is 12.7. The smallest absolute Gasteiger partial charge is 0.262 e. The molecular formula is C19H20N2O5. The molecule has 0 atom stereocenters. The number of hydrogen-bond donors (Lipinski definition) is 1. The second-order valence-electron chi connectivity index (χ2n) is 5.89. The summed E-state index contributed by atoms with van der Waals surface area (Å²) in [5.74, 6) is 1.46. The van der Waals surface area contributed by atoms with Gasteiger partial charge in [0.05, 0.1) is 19.9 Å². The first-order valence-corrected chi connectivity index (χ1v) is 8.05. The zero-order chi connectivity index (χ0) is 18.7. The highest BCUT2D eigenvalue weighted by molar-refractivity contribution is 5.98. The van der Waals surface area contributed by atoms with Gasteiger partial charge in [0.2, 0.25) is 0 Å². The van der Waals surface area contributed by atoms with E-state index in [0.717, 1.165) is 5.56 Å². The molecule has 136 valence electrons. The third kappa shape index (κ3) is 3.56. The van der Waals surface area contributed by atoms with Crippen molar-refractivity contribution in [2.24, 2.45) is 0 Å². The summed E-state index contributed by atoms with van der Waals surface area (Å²) in [6.45, 7) is 0.324. The number of anilines is 1. The predicted octanol–water partition coefficient (Wildman–Crippen LogP) is 2.31. The van der Waals surface area contributed by atoms with Crippen LogP contribution in [-0.2, 0) is 11.3 Å².